The van der Waals surface area contributed by atoms with Crippen molar-refractivity contribution >= 4 is 29.4 Å². The molecule has 1 aromatic heterocycles. The summed E-state index contributed by atoms with van der Waals surface area (Å²) in [5, 5.41) is 31.9. The van der Waals surface area contributed by atoms with Gasteiger partial charge >= 0.3 is 5.97 Å². The molecule has 2 aromatic rings. The van der Waals surface area contributed by atoms with Crippen molar-refractivity contribution in [1.29, 1.82) is 0 Å². The molecule has 42 heavy (non-hydrogen) atoms. The highest BCUT2D eigenvalue weighted by Crippen LogP contribution is 2.39. The van der Waals surface area contributed by atoms with Crippen molar-refractivity contribution in [2.75, 3.05) is 4.90 Å². The number of aromatic nitrogens is 1. The van der Waals surface area contributed by atoms with Gasteiger partial charge in [0.15, 0.2) is 0 Å². The fourth-order valence-corrected chi connectivity index (χ4v) is 5.74. The summed E-state index contributed by atoms with van der Waals surface area (Å²) in [6.45, 7) is 9.97. The second kappa shape index (κ2) is 12.5. The van der Waals surface area contributed by atoms with E-state index in [2.05, 4.69) is 21.1 Å². The molecule has 12 heteroatoms. The van der Waals surface area contributed by atoms with Crippen LogP contribution < -0.4 is 20.9 Å². The first kappa shape index (κ1) is 31.0. The number of carboxylic acids is 1. The molecule has 5 atom stereocenters. The molecule has 0 radical (unpaired) electrons. The molecule has 2 aliphatic heterocycles. The first-order valence-corrected chi connectivity index (χ1v) is 14.4. The summed E-state index contributed by atoms with van der Waals surface area (Å²) >= 11 is 0. The van der Waals surface area contributed by atoms with Crippen LogP contribution in [0.4, 0.5) is 5.69 Å². The lowest BCUT2D eigenvalue weighted by Gasteiger charge is -2.33. The molecule has 12 nitrogen and oxygen atoms in total. The number of amides is 3. The summed E-state index contributed by atoms with van der Waals surface area (Å²) in [5.74, 6) is -2.66. The SMILES string of the molecule is CC[C@H](C)[C@H](NC(C)(C)C)C(=O)NC1CCc2cccc3c2N(C1=O)[C@H](C(=O)N[C@@H](CC(=O)O)Cc1conc1O)C3. The second-order valence-electron chi connectivity index (χ2n) is 12.4. The van der Waals surface area contributed by atoms with Crippen LogP contribution in [-0.4, -0.2) is 68.8 Å². The largest absolute Gasteiger partial charge is 0.491 e. The van der Waals surface area contributed by atoms with Crippen LogP contribution >= 0.6 is 0 Å². The summed E-state index contributed by atoms with van der Waals surface area (Å²) in [6, 6.07) is 2.52. The highest BCUT2D eigenvalue weighted by atomic mass is 16.5. The third-order valence-corrected chi connectivity index (χ3v) is 7.97. The van der Waals surface area contributed by atoms with Crippen molar-refractivity contribution in [2.45, 2.75) is 103 Å². The van der Waals surface area contributed by atoms with Crippen LogP contribution in [0.15, 0.2) is 29.0 Å². The molecule has 3 heterocycles. The minimum Gasteiger partial charge on any atom is -0.491 e. The number of aliphatic carboxylic acids is 1. The Bertz CT molecular complexity index is 1330. The zero-order valence-electron chi connectivity index (χ0n) is 24.8. The van der Waals surface area contributed by atoms with Gasteiger partial charge in [-0.1, -0.05) is 38.5 Å². The Balaban J connectivity index is 1.58. The van der Waals surface area contributed by atoms with Crippen molar-refractivity contribution in [3.63, 3.8) is 0 Å². The Kier molecular flexibility index (Phi) is 9.24. The Morgan fingerprint density at radius 2 is 1.93 bits per heavy atom. The number of nitrogens with one attached hydrogen (secondary N) is 3. The molecule has 0 spiro atoms. The molecule has 0 bridgehead atoms. The molecule has 5 N–H and O–H groups in total. The zero-order chi connectivity index (χ0) is 30.8. The van der Waals surface area contributed by atoms with Crippen LogP contribution in [0.25, 0.3) is 0 Å². The van der Waals surface area contributed by atoms with Crippen molar-refractivity contribution in [3.05, 3.63) is 41.2 Å². The van der Waals surface area contributed by atoms with E-state index in [1.807, 2.05) is 52.8 Å². The number of carboxylic acid groups (broad SMARTS) is 1. The van der Waals surface area contributed by atoms with E-state index in [9.17, 15) is 29.4 Å². The van der Waals surface area contributed by atoms with Gasteiger partial charge in [0.05, 0.1) is 23.7 Å². The van der Waals surface area contributed by atoms with E-state index in [-0.39, 0.29) is 47.6 Å². The lowest BCUT2D eigenvalue weighted by atomic mass is 9.94. The van der Waals surface area contributed by atoms with Crippen molar-refractivity contribution in [2.24, 2.45) is 5.92 Å². The predicted octanol–water partition coefficient (Wildman–Crippen LogP) is 2.07. The number of aryl methyl sites for hydroxylation is 1. The number of hydrogen-bond donors (Lipinski definition) is 5. The molecule has 1 unspecified atom stereocenters. The third-order valence-electron chi connectivity index (χ3n) is 7.97. The fourth-order valence-electron chi connectivity index (χ4n) is 5.74. The van der Waals surface area contributed by atoms with Crippen LogP contribution in [0.1, 0.15) is 70.6 Å². The molecular formula is C30H41N5O7. The maximum Gasteiger partial charge on any atom is 0.305 e. The first-order chi connectivity index (χ1) is 19.8. The van der Waals surface area contributed by atoms with Gasteiger partial charge in [0.25, 0.3) is 5.88 Å². The molecule has 2 aliphatic rings. The minimum absolute atomic E-state index is 0.0234. The number of aromatic hydroxyl groups is 1. The van der Waals surface area contributed by atoms with Gasteiger partial charge in [0.2, 0.25) is 17.7 Å². The van der Waals surface area contributed by atoms with E-state index in [4.69, 9.17) is 4.52 Å². The van der Waals surface area contributed by atoms with Gasteiger partial charge in [0.1, 0.15) is 18.3 Å². The smallest absolute Gasteiger partial charge is 0.305 e. The standard InChI is InChI=1S/C30H41N5O7/c1-6-16(2)24(33-30(3,4)5)28(40)32-21-11-10-17-8-7-9-18-13-22(35(25(17)18)29(21)41)27(39)31-20(14-23(36)37)12-19-15-42-34-26(19)38/h7-9,15-16,20-22,24,33H,6,10-14H2,1-5H3,(H,31,39)(H,32,40)(H,34,38)(H,36,37)/t16-,20+,21?,22-,24-/m0/s1. The predicted molar refractivity (Wildman–Crippen MR) is 154 cm³/mol. The molecule has 228 valence electrons. The van der Waals surface area contributed by atoms with Gasteiger partial charge in [-0.2, -0.15) is 0 Å². The van der Waals surface area contributed by atoms with Gasteiger partial charge in [-0.25, -0.2) is 0 Å². The monoisotopic (exact) mass is 583 g/mol. The lowest BCUT2D eigenvalue weighted by molar-refractivity contribution is -0.138. The van der Waals surface area contributed by atoms with Crippen LogP contribution in [0, 0.1) is 5.92 Å². The van der Waals surface area contributed by atoms with Gasteiger partial charge in [0, 0.05) is 24.4 Å². The lowest BCUT2D eigenvalue weighted by Crippen LogP contribution is -2.60. The second-order valence-corrected chi connectivity index (χ2v) is 12.4. The van der Waals surface area contributed by atoms with Gasteiger partial charge in [-0.15, -0.1) is 0 Å². The average molecular weight is 584 g/mol. The molecular weight excluding hydrogens is 542 g/mol. The number of carbonyl (C=O) groups is 4. The van der Waals surface area contributed by atoms with Gasteiger partial charge in [-0.3, -0.25) is 24.1 Å². The molecule has 1 aromatic carbocycles. The normalized spacial score (nSPS) is 20.3. The number of nitrogens with zero attached hydrogens (tertiary/aromatic N) is 2. The van der Waals surface area contributed by atoms with E-state index in [1.165, 1.54) is 11.2 Å². The van der Waals surface area contributed by atoms with Crippen molar-refractivity contribution in [1.82, 2.24) is 21.1 Å². The molecule has 0 aliphatic carbocycles. The Labute approximate surface area is 245 Å². The number of hydrogen-bond acceptors (Lipinski definition) is 8. The third kappa shape index (κ3) is 6.92. The highest BCUT2D eigenvalue weighted by Gasteiger charge is 2.45. The van der Waals surface area contributed by atoms with Gasteiger partial charge < -0.3 is 30.7 Å². The van der Waals surface area contributed by atoms with Crippen molar-refractivity contribution in [3.8, 4) is 5.88 Å². The number of rotatable bonds is 11. The van der Waals surface area contributed by atoms with Crippen LogP contribution in [0.5, 0.6) is 5.88 Å². The summed E-state index contributed by atoms with van der Waals surface area (Å²) < 4.78 is 4.74. The van der Waals surface area contributed by atoms with Crippen LogP contribution in [0.3, 0.4) is 0 Å². The van der Waals surface area contributed by atoms with Crippen LogP contribution in [0.2, 0.25) is 0 Å². The van der Waals surface area contributed by atoms with Crippen molar-refractivity contribution < 1.29 is 33.9 Å². The molecule has 0 saturated carbocycles. The van der Waals surface area contributed by atoms with E-state index < -0.39 is 42.5 Å². The van der Waals surface area contributed by atoms with E-state index >= 15 is 0 Å². The molecule has 3 amide bonds. The maximum atomic E-state index is 14.1. The van der Waals surface area contributed by atoms with E-state index in [0.29, 0.717) is 18.5 Å². The molecule has 0 fully saturated rings. The maximum absolute atomic E-state index is 14.1. The fraction of sp³-hybridized carbons (Fsp3) is 0.567. The quantitative estimate of drug-likeness (QED) is 0.265. The summed E-state index contributed by atoms with van der Waals surface area (Å²) in [5.41, 5.74) is 2.36. The number of carbonyl (C=O) groups excluding carboxylic acids is 3. The number of anilines is 1. The van der Waals surface area contributed by atoms with Crippen LogP contribution in [-0.2, 0) is 38.4 Å². The highest BCUT2D eigenvalue weighted by molar-refractivity contribution is 6.08. The average Bonchev–Trinajstić information content (AvgIpc) is 3.47. The summed E-state index contributed by atoms with van der Waals surface area (Å²) in [4.78, 5) is 54.4. The van der Waals surface area contributed by atoms with E-state index in [0.717, 1.165) is 17.5 Å². The minimum atomic E-state index is -1.14. The topological polar surface area (TPSA) is 174 Å². The first-order valence-electron chi connectivity index (χ1n) is 14.4. The summed E-state index contributed by atoms with van der Waals surface area (Å²) in [6.07, 6.45) is 2.70. The Morgan fingerprint density at radius 3 is 2.55 bits per heavy atom. The Hall–Kier alpha value is -3.93. The molecule has 0 saturated heterocycles. The molecule has 4 rings (SSSR count). The Morgan fingerprint density at radius 1 is 1.21 bits per heavy atom. The number of benzene rings is 1. The number of para-hydroxylation sites is 1. The zero-order valence-corrected chi connectivity index (χ0v) is 24.8. The van der Waals surface area contributed by atoms with Gasteiger partial charge in [-0.05, 0) is 55.8 Å². The van der Waals surface area contributed by atoms with E-state index in [1.54, 1.807) is 0 Å². The summed E-state index contributed by atoms with van der Waals surface area (Å²) in [7, 11) is 0.